The molecule has 0 spiro atoms. The summed E-state index contributed by atoms with van der Waals surface area (Å²) >= 11 is 0. The molecule has 0 atom stereocenters. The predicted octanol–water partition coefficient (Wildman–Crippen LogP) is 2.38. The summed E-state index contributed by atoms with van der Waals surface area (Å²) in [6, 6.07) is 6.67. The average molecular weight is 339 g/mol. The Morgan fingerprint density at radius 2 is 1.91 bits per heavy atom. The van der Waals surface area contributed by atoms with E-state index in [0.29, 0.717) is 17.2 Å². The quantitative estimate of drug-likeness (QED) is 0.798. The largest absolute Gasteiger partial charge is 0.454 e. The summed E-state index contributed by atoms with van der Waals surface area (Å²) in [6.45, 7) is 3.89. The van der Waals surface area contributed by atoms with E-state index in [1.807, 2.05) is 13.8 Å². The van der Waals surface area contributed by atoms with Gasteiger partial charge in [-0.25, -0.2) is 8.42 Å². The molecule has 0 bridgehead atoms. The second-order valence-electron chi connectivity index (χ2n) is 5.32. The molecule has 0 aliphatic rings. The molecular formula is C15H21N3O4S. The van der Waals surface area contributed by atoms with Crippen LogP contribution in [0.15, 0.2) is 36.7 Å². The number of aryl methyl sites for hydroxylation is 1. The van der Waals surface area contributed by atoms with Gasteiger partial charge >= 0.3 is 0 Å². The highest BCUT2D eigenvalue weighted by Crippen LogP contribution is 2.22. The van der Waals surface area contributed by atoms with Crippen LogP contribution in [-0.4, -0.2) is 36.7 Å². The Kier molecular flexibility index (Phi) is 5.62. The summed E-state index contributed by atoms with van der Waals surface area (Å²) in [5, 5.41) is 4.01. The van der Waals surface area contributed by atoms with Gasteiger partial charge in [-0.05, 0) is 38.1 Å². The van der Waals surface area contributed by atoms with E-state index in [-0.39, 0.29) is 18.5 Å². The molecule has 2 rings (SSSR count). The van der Waals surface area contributed by atoms with Crippen molar-refractivity contribution in [2.75, 3.05) is 17.1 Å². The first kappa shape index (κ1) is 17.3. The third-order valence-corrected chi connectivity index (χ3v) is 4.10. The Labute approximate surface area is 136 Å². The van der Waals surface area contributed by atoms with E-state index in [0.717, 1.165) is 0 Å². The lowest BCUT2D eigenvalue weighted by Crippen LogP contribution is -2.21. The monoisotopic (exact) mass is 339 g/mol. The number of hydrogen-bond donors (Lipinski definition) is 1. The van der Waals surface area contributed by atoms with Crippen molar-refractivity contribution in [2.45, 2.75) is 20.0 Å². The van der Waals surface area contributed by atoms with E-state index in [1.54, 1.807) is 48.4 Å². The van der Waals surface area contributed by atoms with E-state index >= 15 is 0 Å². The third kappa shape index (κ3) is 5.91. The van der Waals surface area contributed by atoms with Gasteiger partial charge < -0.3 is 9.47 Å². The standard InChI is InChI=1S/C15H21N3O4S/c1-12(2)21-8-9-23(19,20)17-13-4-6-14(7-5-13)22-15-10-16-18(3)11-15/h4-7,10-12,17H,8-9H2,1-3H3. The number of benzene rings is 1. The Bertz CT molecular complexity index is 723. The smallest absolute Gasteiger partial charge is 0.234 e. The second-order valence-corrected chi connectivity index (χ2v) is 7.16. The number of ether oxygens (including phenoxy) is 2. The molecule has 1 heterocycles. The van der Waals surface area contributed by atoms with E-state index < -0.39 is 10.0 Å². The third-order valence-electron chi connectivity index (χ3n) is 2.85. The lowest BCUT2D eigenvalue weighted by Gasteiger charge is -2.10. The molecular weight excluding hydrogens is 318 g/mol. The molecule has 126 valence electrons. The van der Waals surface area contributed by atoms with Gasteiger partial charge in [0.1, 0.15) is 5.75 Å². The van der Waals surface area contributed by atoms with E-state index in [9.17, 15) is 8.42 Å². The summed E-state index contributed by atoms with van der Waals surface area (Å²) in [5.41, 5.74) is 0.480. The van der Waals surface area contributed by atoms with Gasteiger partial charge in [-0.3, -0.25) is 9.40 Å². The van der Waals surface area contributed by atoms with Crippen LogP contribution in [0.2, 0.25) is 0 Å². The van der Waals surface area contributed by atoms with Gasteiger partial charge in [-0.15, -0.1) is 0 Å². The van der Waals surface area contributed by atoms with Crippen LogP contribution < -0.4 is 9.46 Å². The molecule has 7 nitrogen and oxygen atoms in total. The van der Waals surface area contributed by atoms with Gasteiger partial charge in [0.2, 0.25) is 10.0 Å². The van der Waals surface area contributed by atoms with Crippen molar-refractivity contribution in [1.29, 1.82) is 0 Å². The topological polar surface area (TPSA) is 82.5 Å². The van der Waals surface area contributed by atoms with Crippen LogP contribution in [0.4, 0.5) is 5.69 Å². The van der Waals surface area contributed by atoms with Gasteiger partial charge in [0, 0.05) is 12.7 Å². The number of nitrogens with one attached hydrogen (secondary N) is 1. The lowest BCUT2D eigenvalue weighted by molar-refractivity contribution is 0.0913. The minimum absolute atomic E-state index is 0.00843. The summed E-state index contributed by atoms with van der Waals surface area (Å²) in [4.78, 5) is 0. The van der Waals surface area contributed by atoms with Crippen LogP contribution in [0.3, 0.4) is 0 Å². The summed E-state index contributed by atoms with van der Waals surface area (Å²) in [5.74, 6) is 1.13. The molecule has 0 radical (unpaired) electrons. The number of aromatic nitrogens is 2. The molecule has 0 saturated heterocycles. The Morgan fingerprint density at radius 3 is 2.48 bits per heavy atom. The van der Waals surface area contributed by atoms with Crippen LogP contribution in [0.25, 0.3) is 0 Å². The van der Waals surface area contributed by atoms with Gasteiger partial charge in [0.15, 0.2) is 5.75 Å². The lowest BCUT2D eigenvalue weighted by atomic mass is 10.3. The molecule has 23 heavy (non-hydrogen) atoms. The first-order valence-corrected chi connectivity index (χ1v) is 8.88. The van der Waals surface area contributed by atoms with Crippen LogP contribution in [0.1, 0.15) is 13.8 Å². The maximum Gasteiger partial charge on any atom is 0.234 e. The SMILES string of the molecule is CC(C)OCCS(=O)(=O)Nc1ccc(Oc2cnn(C)c2)cc1. The van der Waals surface area contributed by atoms with Crippen molar-refractivity contribution in [3.63, 3.8) is 0 Å². The first-order valence-electron chi connectivity index (χ1n) is 7.23. The normalized spacial score (nSPS) is 11.7. The fraction of sp³-hybridized carbons (Fsp3) is 0.400. The molecule has 1 aromatic heterocycles. The van der Waals surface area contributed by atoms with Crippen molar-refractivity contribution >= 4 is 15.7 Å². The first-order chi connectivity index (χ1) is 10.8. The number of rotatable bonds is 8. The fourth-order valence-corrected chi connectivity index (χ4v) is 2.72. The molecule has 0 unspecified atom stereocenters. The maximum atomic E-state index is 11.9. The molecule has 1 aromatic carbocycles. The van der Waals surface area contributed by atoms with Crippen molar-refractivity contribution in [2.24, 2.45) is 7.05 Å². The molecule has 0 aliphatic heterocycles. The average Bonchev–Trinajstić information content (AvgIpc) is 2.85. The van der Waals surface area contributed by atoms with E-state index in [4.69, 9.17) is 9.47 Å². The predicted molar refractivity (Wildman–Crippen MR) is 88.2 cm³/mol. The fourth-order valence-electron chi connectivity index (χ4n) is 1.80. The van der Waals surface area contributed by atoms with Crippen LogP contribution >= 0.6 is 0 Å². The number of sulfonamides is 1. The van der Waals surface area contributed by atoms with E-state index in [1.165, 1.54) is 0 Å². The highest BCUT2D eigenvalue weighted by atomic mass is 32.2. The van der Waals surface area contributed by atoms with Crippen molar-refractivity contribution in [1.82, 2.24) is 9.78 Å². The van der Waals surface area contributed by atoms with E-state index in [2.05, 4.69) is 9.82 Å². The summed E-state index contributed by atoms with van der Waals surface area (Å²) < 4.78 is 38.8. The zero-order valence-corrected chi connectivity index (χ0v) is 14.2. The van der Waals surface area contributed by atoms with Crippen molar-refractivity contribution in [3.05, 3.63) is 36.7 Å². The van der Waals surface area contributed by atoms with Crippen LogP contribution in [-0.2, 0) is 21.8 Å². The van der Waals surface area contributed by atoms with Crippen LogP contribution in [0.5, 0.6) is 11.5 Å². The second kappa shape index (κ2) is 7.47. The highest BCUT2D eigenvalue weighted by molar-refractivity contribution is 7.92. The van der Waals surface area contributed by atoms with Gasteiger partial charge in [0.05, 0.1) is 30.9 Å². The number of anilines is 1. The molecule has 0 saturated carbocycles. The minimum Gasteiger partial charge on any atom is -0.454 e. The maximum absolute atomic E-state index is 11.9. The Morgan fingerprint density at radius 1 is 1.22 bits per heavy atom. The molecule has 0 amide bonds. The summed E-state index contributed by atoms with van der Waals surface area (Å²) in [6.07, 6.45) is 3.35. The minimum atomic E-state index is -3.43. The Balaban J connectivity index is 1.91. The zero-order valence-electron chi connectivity index (χ0n) is 13.4. The van der Waals surface area contributed by atoms with Crippen molar-refractivity contribution in [3.8, 4) is 11.5 Å². The number of hydrogen-bond acceptors (Lipinski definition) is 5. The van der Waals surface area contributed by atoms with Crippen molar-refractivity contribution < 1.29 is 17.9 Å². The van der Waals surface area contributed by atoms with Gasteiger partial charge in [0.25, 0.3) is 0 Å². The number of nitrogens with zero attached hydrogens (tertiary/aromatic N) is 2. The van der Waals surface area contributed by atoms with Gasteiger partial charge in [-0.1, -0.05) is 0 Å². The molecule has 1 N–H and O–H groups in total. The molecule has 2 aromatic rings. The zero-order chi connectivity index (χ0) is 16.9. The molecule has 0 aliphatic carbocycles. The Hall–Kier alpha value is -2.06. The van der Waals surface area contributed by atoms with Crippen LogP contribution in [0, 0.1) is 0 Å². The molecule has 8 heteroatoms. The highest BCUT2D eigenvalue weighted by Gasteiger charge is 2.11. The summed E-state index contributed by atoms with van der Waals surface area (Å²) in [7, 11) is -1.63. The molecule has 0 fully saturated rings. The van der Waals surface area contributed by atoms with Gasteiger partial charge in [-0.2, -0.15) is 5.10 Å².